The molecule has 2 aromatic rings. The third-order valence-electron chi connectivity index (χ3n) is 4.23. The van der Waals surface area contributed by atoms with E-state index in [2.05, 4.69) is 39.4 Å². The third kappa shape index (κ3) is 4.15. The summed E-state index contributed by atoms with van der Waals surface area (Å²) in [7, 11) is 1.89. The lowest BCUT2D eigenvalue weighted by atomic mass is 10.2. The molecular formula is C17H23N5OS. The summed E-state index contributed by atoms with van der Waals surface area (Å²) in [6.07, 6.45) is 1.65. The van der Waals surface area contributed by atoms with E-state index in [1.807, 2.05) is 29.5 Å². The summed E-state index contributed by atoms with van der Waals surface area (Å²) in [6, 6.07) is 10.5. The number of aryl methyl sites for hydroxylation is 1. The highest BCUT2D eigenvalue weighted by Crippen LogP contribution is 2.22. The largest absolute Gasteiger partial charge is 0.339 e. The van der Waals surface area contributed by atoms with Crippen molar-refractivity contribution in [2.45, 2.75) is 23.9 Å². The number of amides is 1. The molecule has 0 bridgehead atoms. The normalized spacial score (nSPS) is 17.0. The quantitative estimate of drug-likeness (QED) is 0.771. The van der Waals surface area contributed by atoms with Crippen molar-refractivity contribution in [3.63, 3.8) is 0 Å². The van der Waals surface area contributed by atoms with Gasteiger partial charge in [0.2, 0.25) is 5.91 Å². The third-order valence-corrected chi connectivity index (χ3v) is 5.37. The van der Waals surface area contributed by atoms with Crippen molar-refractivity contribution in [1.82, 2.24) is 24.6 Å². The Bertz CT molecular complexity index is 667. The topological polar surface area (TPSA) is 54.3 Å². The molecular weight excluding hydrogens is 322 g/mol. The molecule has 7 heteroatoms. The summed E-state index contributed by atoms with van der Waals surface area (Å²) in [5, 5.41) is 8.53. The van der Waals surface area contributed by atoms with E-state index in [0.717, 1.165) is 37.9 Å². The molecule has 1 fully saturated rings. The van der Waals surface area contributed by atoms with Gasteiger partial charge < -0.3 is 9.47 Å². The number of thioether (sulfide) groups is 1. The Kier molecular flexibility index (Phi) is 5.52. The van der Waals surface area contributed by atoms with Gasteiger partial charge in [0.05, 0.1) is 5.25 Å². The maximum Gasteiger partial charge on any atom is 0.235 e. The Labute approximate surface area is 146 Å². The van der Waals surface area contributed by atoms with E-state index >= 15 is 0 Å². The van der Waals surface area contributed by atoms with Crippen LogP contribution in [-0.2, 0) is 18.4 Å². The molecule has 1 saturated heterocycles. The second-order valence-electron chi connectivity index (χ2n) is 6.07. The van der Waals surface area contributed by atoms with Gasteiger partial charge in [0.1, 0.15) is 6.33 Å². The van der Waals surface area contributed by atoms with Gasteiger partial charge in [-0.1, -0.05) is 42.1 Å². The van der Waals surface area contributed by atoms with Gasteiger partial charge in [0.15, 0.2) is 5.16 Å². The van der Waals surface area contributed by atoms with Crippen LogP contribution in [0.4, 0.5) is 0 Å². The van der Waals surface area contributed by atoms with Gasteiger partial charge in [0, 0.05) is 39.8 Å². The lowest BCUT2D eigenvalue weighted by Gasteiger charge is -2.35. The predicted molar refractivity (Wildman–Crippen MR) is 94.6 cm³/mol. The minimum Gasteiger partial charge on any atom is -0.339 e. The van der Waals surface area contributed by atoms with Crippen LogP contribution in [0.5, 0.6) is 0 Å². The molecule has 1 unspecified atom stereocenters. The first-order valence-electron chi connectivity index (χ1n) is 8.19. The number of rotatable bonds is 5. The first-order chi connectivity index (χ1) is 11.6. The standard InChI is InChI=1S/C17H23N5OS/c1-14(24-17-19-18-13-20(17)2)16(23)22-10-8-21(9-11-22)12-15-6-4-3-5-7-15/h3-7,13-14H,8-12H2,1-2H3. The van der Waals surface area contributed by atoms with Crippen LogP contribution < -0.4 is 0 Å². The maximum atomic E-state index is 12.6. The summed E-state index contributed by atoms with van der Waals surface area (Å²) in [4.78, 5) is 17.0. The van der Waals surface area contributed by atoms with E-state index in [1.54, 1.807) is 6.33 Å². The molecule has 0 saturated carbocycles. The van der Waals surface area contributed by atoms with Crippen LogP contribution >= 0.6 is 11.8 Å². The molecule has 1 aliphatic heterocycles. The summed E-state index contributed by atoms with van der Waals surface area (Å²) >= 11 is 1.47. The molecule has 0 aliphatic carbocycles. The Morgan fingerprint density at radius 1 is 1.21 bits per heavy atom. The van der Waals surface area contributed by atoms with E-state index in [4.69, 9.17) is 0 Å². The average molecular weight is 345 g/mol. The van der Waals surface area contributed by atoms with Crippen LogP contribution in [0.3, 0.4) is 0 Å². The molecule has 0 radical (unpaired) electrons. The van der Waals surface area contributed by atoms with Gasteiger partial charge in [0.25, 0.3) is 0 Å². The van der Waals surface area contributed by atoms with E-state index < -0.39 is 0 Å². The van der Waals surface area contributed by atoms with Gasteiger partial charge in [-0.3, -0.25) is 9.69 Å². The summed E-state index contributed by atoms with van der Waals surface area (Å²) < 4.78 is 1.84. The molecule has 1 aromatic heterocycles. The highest BCUT2D eigenvalue weighted by Gasteiger charge is 2.26. The zero-order valence-electron chi connectivity index (χ0n) is 14.1. The van der Waals surface area contributed by atoms with Crippen LogP contribution in [0.1, 0.15) is 12.5 Å². The molecule has 128 valence electrons. The highest BCUT2D eigenvalue weighted by molar-refractivity contribution is 8.00. The Morgan fingerprint density at radius 2 is 1.92 bits per heavy atom. The van der Waals surface area contributed by atoms with Crippen molar-refractivity contribution in [2.75, 3.05) is 26.2 Å². The monoisotopic (exact) mass is 345 g/mol. The molecule has 3 rings (SSSR count). The van der Waals surface area contributed by atoms with Crippen LogP contribution in [0.15, 0.2) is 41.8 Å². The smallest absolute Gasteiger partial charge is 0.235 e. The Hall–Kier alpha value is -1.86. The molecule has 6 nitrogen and oxygen atoms in total. The van der Waals surface area contributed by atoms with Crippen LogP contribution in [0, 0.1) is 0 Å². The van der Waals surface area contributed by atoms with Crippen molar-refractivity contribution in [2.24, 2.45) is 7.05 Å². The fourth-order valence-electron chi connectivity index (χ4n) is 2.81. The molecule has 1 atom stereocenters. The van der Waals surface area contributed by atoms with E-state index in [9.17, 15) is 4.79 Å². The minimum absolute atomic E-state index is 0.145. The number of benzene rings is 1. The van der Waals surface area contributed by atoms with E-state index in [-0.39, 0.29) is 11.2 Å². The van der Waals surface area contributed by atoms with Crippen LogP contribution in [-0.4, -0.2) is 61.9 Å². The molecule has 1 aromatic carbocycles. The molecule has 0 N–H and O–H groups in total. The number of piperazine rings is 1. The van der Waals surface area contributed by atoms with Gasteiger partial charge in [-0.25, -0.2) is 0 Å². The van der Waals surface area contributed by atoms with Crippen LogP contribution in [0.2, 0.25) is 0 Å². The van der Waals surface area contributed by atoms with Gasteiger partial charge in [-0.2, -0.15) is 0 Å². The fourth-order valence-corrected chi connectivity index (χ4v) is 3.69. The molecule has 2 heterocycles. The average Bonchev–Trinajstić information content (AvgIpc) is 3.00. The Balaban J connectivity index is 1.49. The predicted octanol–water partition coefficient (Wildman–Crippen LogP) is 1.64. The lowest BCUT2D eigenvalue weighted by Crippen LogP contribution is -2.50. The lowest BCUT2D eigenvalue weighted by molar-refractivity contribution is -0.132. The van der Waals surface area contributed by atoms with Gasteiger partial charge >= 0.3 is 0 Å². The molecule has 1 aliphatic rings. The number of hydrogen-bond donors (Lipinski definition) is 0. The SMILES string of the molecule is CC(Sc1nncn1C)C(=O)N1CCN(Cc2ccccc2)CC1. The fraction of sp³-hybridized carbons (Fsp3) is 0.471. The number of carbonyl (C=O) groups is 1. The molecule has 1 amide bonds. The van der Waals surface area contributed by atoms with Crippen LogP contribution in [0.25, 0.3) is 0 Å². The first-order valence-corrected chi connectivity index (χ1v) is 9.07. The van der Waals surface area contributed by atoms with Crippen molar-refractivity contribution >= 4 is 17.7 Å². The summed E-state index contributed by atoms with van der Waals surface area (Å²) in [5.74, 6) is 0.183. The summed E-state index contributed by atoms with van der Waals surface area (Å²) in [5.41, 5.74) is 1.32. The minimum atomic E-state index is -0.145. The number of nitrogens with zero attached hydrogens (tertiary/aromatic N) is 5. The highest BCUT2D eigenvalue weighted by atomic mass is 32.2. The number of aromatic nitrogens is 3. The maximum absolute atomic E-state index is 12.6. The molecule has 24 heavy (non-hydrogen) atoms. The Morgan fingerprint density at radius 3 is 2.54 bits per heavy atom. The zero-order valence-corrected chi connectivity index (χ0v) is 14.9. The second-order valence-corrected chi connectivity index (χ2v) is 7.38. The van der Waals surface area contributed by atoms with Crippen molar-refractivity contribution in [1.29, 1.82) is 0 Å². The van der Waals surface area contributed by atoms with Crippen molar-refractivity contribution in [3.8, 4) is 0 Å². The summed E-state index contributed by atoms with van der Waals surface area (Å²) in [6.45, 7) is 6.30. The molecule has 0 spiro atoms. The van der Waals surface area contributed by atoms with E-state index in [1.165, 1.54) is 17.3 Å². The zero-order chi connectivity index (χ0) is 16.9. The first kappa shape index (κ1) is 17.0. The van der Waals surface area contributed by atoms with E-state index in [0.29, 0.717) is 0 Å². The van der Waals surface area contributed by atoms with Crippen molar-refractivity contribution < 1.29 is 4.79 Å². The second kappa shape index (κ2) is 7.81. The van der Waals surface area contributed by atoms with Crippen molar-refractivity contribution in [3.05, 3.63) is 42.2 Å². The number of hydrogen-bond acceptors (Lipinski definition) is 5. The number of carbonyl (C=O) groups excluding carboxylic acids is 1. The van der Waals surface area contributed by atoms with Gasteiger partial charge in [-0.05, 0) is 12.5 Å². The van der Waals surface area contributed by atoms with Gasteiger partial charge in [-0.15, -0.1) is 10.2 Å².